The Morgan fingerprint density at radius 3 is 2.38 bits per heavy atom. The van der Waals surface area contributed by atoms with Gasteiger partial charge >= 0.3 is 0 Å². The number of hydrogen-bond acceptors (Lipinski definition) is 3. The molecule has 1 atom stereocenters. The fourth-order valence-corrected chi connectivity index (χ4v) is 1.24. The van der Waals surface area contributed by atoms with E-state index in [0.29, 0.717) is 6.42 Å². The topological polar surface area (TPSA) is 43.4 Å². The van der Waals surface area contributed by atoms with Crippen LogP contribution in [0.5, 0.6) is 0 Å². The molecule has 8 heavy (non-hydrogen) atoms. The van der Waals surface area contributed by atoms with E-state index in [0.717, 1.165) is 0 Å². The van der Waals surface area contributed by atoms with Crippen molar-refractivity contribution < 1.29 is 12.6 Å². The third-order valence-electron chi connectivity index (χ3n) is 1.03. The van der Waals surface area contributed by atoms with Crippen LogP contribution in [0.15, 0.2) is 0 Å². The predicted molar refractivity (Wildman–Crippen MR) is 28.6 cm³/mol. The third kappa shape index (κ3) is 1.00. The van der Waals surface area contributed by atoms with E-state index in [1.807, 2.05) is 0 Å². The lowest BCUT2D eigenvalue weighted by Gasteiger charge is -1.93. The van der Waals surface area contributed by atoms with Crippen molar-refractivity contribution in [3.05, 3.63) is 6.42 Å². The van der Waals surface area contributed by atoms with Crippen LogP contribution in [-0.2, 0) is 14.3 Å². The maximum atomic E-state index is 10.5. The van der Waals surface area contributed by atoms with Crippen LogP contribution in [0.3, 0.4) is 0 Å². The Bertz CT molecular complexity index is 166. The fraction of sp³-hybridized carbons (Fsp3) is 0.750. The average molecular weight is 135 g/mol. The minimum atomic E-state index is -3.18. The Hall–Kier alpha value is -0.0900. The lowest BCUT2D eigenvalue weighted by molar-refractivity contribution is 0.397. The van der Waals surface area contributed by atoms with Crippen LogP contribution in [0.4, 0.5) is 0 Å². The van der Waals surface area contributed by atoms with Gasteiger partial charge in [0.2, 0.25) is 0 Å². The summed E-state index contributed by atoms with van der Waals surface area (Å²) in [7, 11) is -2.00. The zero-order valence-electron chi connectivity index (χ0n) is 4.49. The molecule has 1 fully saturated rings. The van der Waals surface area contributed by atoms with Gasteiger partial charge in [0.1, 0.15) is 0 Å². The van der Waals surface area contributed by atoms with Crippen molar-refractivity contribution >= 4 is 10.1 Å². The van der Waals surface area contributed by atoms with E-state index in [9.17, 15) is 8.42 Å². The van der Waals surface area contributed by atoms with Crippen molar-refractivity contribution in [2.45, 2.75) is 11.7 Å². The summed E-state index contributed by atoms with van der Waals surface area (Å²) in [6, 6.07) is 0. The number of rotatable bonds is 2. The molecule has 1 aliphatic carbocycles. The molecule has 0 aliphatic heterocycles. The van der Waals surface area contributed by atoms with Crippen LogP contribution in [0.2, 0.25) is 0 Å². The van der Waals surface area contributed by atoms with E-state index in [1.54, 1.807) is 6.42 Å². The molecule has 0 heterocycles. The van der Waals surface area contributed by atoms with Crippen LogP contribution in [-0.4, -0.2) is 20.8 Å². The van der Waals surface area contributed by atoms with Crippen molar-refractivity contribution in [3.8, 4) is 0 Å². The SMILES string of the molecule is COS(=O)(=O)C1[CH]C1. The Kier molecular flexibility index (Phi) is 1.28. The molecule has 47 valence electrons. The van der Waals surface area contributed by atoms with Gasteiger partial charge in [-0.25, -0.2) is 0 Å². The van der Waals surface area contributed by atoms with Gasteiger partial charge in [0.15, 0.2) is 0 Å². The Labute approximate surface area is 48.8 Å². The lowest BCUT2D eigenvalue weighted by atomic mass is 11.0. The van der Waals surface area contributed by atoms with Gasteiger partial charge in [-0.1, -0.05) is 0 Å². The van der Waals surface area contributed by atoms with E-state index >= 15 is 0 Å². The summed E-state index contributed by atoms with van der Waals surface area (Å²) in [6.45, 7) is 0. The van der Waals surface area contributed by atoms with Gasteiger partial charge < -0.3 is 0 Å². The van der Waals surface area contributed by atoms with Gasteiger partial charge in [0, 0.05) is 0 Å². The molecule has 1 saturated carbocycles. The Morgan fingerprint density at radius 2 is 2.25 bits per heavy atom. The molecule has 0 aromatic carbocycles. The lowest BCUT2D eigenvalue weighted by Crippen LogP contribution is -2.07. The highest BCUT2D eigenvalue weighted by Gasteiger charge is 2.36. The zero-order chi connectivity index (χ0) is 6.20. The van der Waals surface area contributed by atoms with Crippen LogP contribution in [0.25, 0.3) is 0 Å². The standard InChI is InChI=1S/C4H7O3S/c1-7-8(5,6)4-2-3-4/h2,4H,3H2,1H3. The largest absolute Gasteiger partial charge is 0.273 e. The maximum absolute atomic E-state index is 10.5. The molecule has 1 aliphatic rings. The minimum Gasteiger partial charge on any atom is -0.273 e. The molecule has 1 unspecified atom stereocenters. The summed E-state index contributed by atoms with van der Waals surface area (Å²) in [4.78, 5) is 0. The predicted octanol–water partition coefficient (Wildman–Crippen LogP) is -0.0608. The molecule has 1 rings (SSSR count). The molecule has 1 radical (unpaired) electrons. The van der Waals surface area contributed by atoms with Crippen molar-refractivity contribution in [2.75, 3.05) is 7.11 Å². The Balaban J connectivity index is 2.65. The normalized spacial score (nSPS) is 21.1. The summed E-state index contributed by atoms with van der Waals surface area (Å²) in [5.74, 6) is 0. The summed E-state index contributed by atoms with van der Waals surface area (Å²) >= 11 is 0. The molecule has 3 nitrogen and oxygen atoms in total. The minimum absolute atomic E-state index is 0.313. The van der Waals surface area contributed by atoms with Crippen molar-refractivity contribution in [3.63, 3.8) is 0 Å². The molecule has 4 heteroatoms. The van der Waals surface area contributed by atoms with E-state index in [4.69, 9.17) is 0 Å². The van der Waals surface area contributed by atoms with E-state index < -0.39 is 10.1 Å². The van der Waals surface area contributed by atoms with Crippen molar-refractivity contribution in [1.29, 1.82) is 0 Å². The first-order valence-electron chi connectivity index (χ1n) is 2.29. The quantitative estimate of drug-likeness (QED) is 0.498. The van der Waals surface area contributed by atoms with E-state index in [1.165, 1.54) is 7.11 Å². The van der Waals surface area contributed by atoms with E-state index in [-0.39, 0.29) is 5.25 Å². The van der Waals surface area contributed by atoms with Crippen LogP contribution in [0.1, 0.15) is 6.42 Å². The molecule has 0 spiro atoms. The van der Waals surface area contributed by atoms with Crippen LogP contribution >= 0.6 is 0 Å². The molecule has 0 N–H and O–H groups in total. The highest BCUT2D eigenvalue weighted by molar-refractivity contribution is 7.87. The second-order valence-electron chi connectivity index (χ2n) is 1.67. The monoisotopic (exact) mass is 135 g/mol. The highest BCUT2D eigenvalue weighted by Crippen LogP contribution is 2.27. The maximum Gasteiger partial charge on any atom is 0.270 e. The first kappa shape index (κ1) is 6.04. The second-order valence-corrected chi connectivity index (χ2v) is 3.59. The third-order valence-corrected chi connectivity index (χ3v) is 2.62. The second kappa shape index (κ2) is 1.70. The first-order valence-corrected chi connectivity index (χ1v) is 3.77. The Morgan fingerprint density at radius 1 is 1.75 bits per heavy atom. The van der Waals surface area contributed by atoms with Crippen molar-refractivity contribution in [2.24, 2.45) is 0 Å². The summed E-state index contributed by atoms with van der Waals surface area (Å²) in [6.07, 6.45) is 2.34. The van der Waals surface area contributed by atoms with Gasteiger partial charge in [-0.05, 0) is 12.8 Å². The van der Waals surface area contributed by atoms with Crippen molar-refractivity contribution in [1.82, 2.24) is 0 Å². The summed E-state index contributed by atoms with van der Waals surface area (Å²) < 4.78 is 25.2. The van der Waals surface area contributed by atoms with Gasteiger partial charge in [0.25, 0.3) is 10.1 Å². The smallest absolute Gasteiger partial charge is 0.270 e. The molecule has 0 aromatic heterocycles. The fourth-order valence-electron chi connectivity index (χ4n) is 0.415. The van der Waals surface area contributed by atoms with Gasteiger partial charge in [-0.15, -0.1) is 0 Å². The highest BCUT2D eigenvalue weighted by atomic mass is 32.2. The molecule has 0 saturated heterocycles. The number of hydrogen-bond donors (Lipinski definition) is 0. The van der Waals surface area contributed by atoms with E-state index in [2.05, 4.69) is 4.18 Å². The summed E-state index contributed by atoms with van der Waals surface area (Å²) in [5.41, 5.74) is 0. The molecular formula is C4H7O3S. The average Bonchev–Trinajstić information content (AvgIpc) is 2.44. The molecule has 0 amide bonds. The van der Waals surface area contributed by atoms with Gasteiger partial charge in [-0.2, -0.15) is 8.42 Å². The zero-order valence-corrected chi connectivity index (χ0v) is 5.31. The molecule has 0 aromatic rings. The molecule has 0 bridgehead atoms. The van der Waals surface area contributed by atoms with Gasteiger partial charge in [0.05, 0.1) is 12.4 Å². The molecular weight excluding hydrogens is 128 g/mol. The van der Waals surface area contributed by atoms with Crippen LogP contribution in [0, 0.1) is 6.42 Å². The first-order chi connectivity index (χ1) is 3.67. The van der Waals surface area contributed by atoms with Crippen LogP contribution < -0.4 is 0 Å². The van der Waals surface area contributed by atoms with Gasteiger partial charge in [-0.3, -0.25) is 4.18 Å². The summed E-state index contributed by atoms with van der Waals surface area (Å²) in [5, 5.41) is -0.313.